The predicted molar refractivity (Wildman–Crippen MR) is 118 cm³/mol. The number of rotatable bonds is 4. The molecule has 2 aromatic rings. The first-order valence-electron chi connectivity index (χ1n) is 10.6. The van der Waals surface area contributed by atoms with Crippen molar-refractivity contribution in [3.63, 3.8) is 0 Å². The fourth-order valence-corrected chi connectivity index (χ4v) is 4.69. The quantitative estimate of drug-likeness (QED) is 0.385. The van der Waals surface area contributed by atoms with E-state index in [9.17, 15) is 10.0 Å². The second-order valence-electron chi connectivity index (χ2n) is 9.68. The van der Waals surface area contributed by atoms with E-state index in [0.29, 0.717) is 5.75 Å². The standard InChI is InChI=1S/C24H27N3O4/c1-23(2,3)21-17(12-25-29)16-11-15(5-6-18(16)27-21)26-22(28)24(8-9-24)14-4-7-19-20(10-14)31-13-30-19/h4-7,10-12,17,21,27,29H,8-9,13H2,1-3H3,(H,26,28)/b25-12-. The molecule has 7 nitrogen and oxygen atoms in total. The van der Waals surface area contributed by atoms with Crippen LogP contribution in [0.5, 0.6) is 11.5 Å². The summed E-state index contributed by atoms with van der Waals surface area (Å²) in [5, 5.41) is 19.2. The highest BCUT2D eigenvalue weighted by Gasteiger charge is 2.51. The van der Waals surface area contributed by atoms with Crippen LogP contribution in [0.2, 0.25) is 0 Å². The van der Waals surface area contributed by atoms with Gasteiger partial charge in [-0.05, 0) is 59.7 Å². The Kier molecular flexibility index (Phi) is 4.39. The first-order valence-corrected chi connectivity index (χ1v) is 10.6. The van der Waals surface area contributed by atoms with Crippen LogP contribution in [-0.4, -0.2) is 30.2 Å². The summed E-state index contributed by atoms with van der Waals surface area (Å²) < 4.78 is 10.9. The van der Waals surface area contributed by atoms with Crippen molar-refractivity contribution in [1.29, 1.82) is 0 Å². The number of carbonyl (C=O) groups is 1. The minimum absolute atomic E-state index is 0.0166. The summed E-state index contributed by atoms with van der Waals surface area (Å²) in [5.41, 5.74) is 3.14. The number of ether oxygens (including phenoxy) is 2. The molecule has 1 amide bonds. The van der Waals surface area contributed by atoms with E-state index >= 15 is 0 Å². The number of hydrogen-bond acceptors (Lipinski definition) is 6. The molecule has 31 heavy (non-hydrogen) atoms. The zero-order chi connectivity index (χ0) is 21.8. The molecular weight excluding hydrogens is 394 g/mol. The molecular formula is C24H27N3O4. The van der Waals surface area contributed by atoms with Crippen molar-refractivity contribution in [3.8, 4) is 11.5 Å². The number of nitrogens with one attached hydrogen (secondary N) is 2. The largest absolute Gasteiger partial charge is 0.454 e. The lowest BCUT2D eigenvalue weighted by Crippen LogP contribution is -2.35. The van der Waals surface area contributed by atoms with Crippen LogP contribution in [0.15, 0.2) is 41.6 Å². The molecule has 1 aliphatic carbocycles. The van der Waals surface area contributed by atoms with Crippen LogP contribution in [0.1, 0.15) is 50.7 Å². The maximum Gasteiger partial charge on any atom is 0.235 e. The molecule has 3 N–H and O–H groups in total. The van der Waals surface area contributed by atoms with Gasteiger partial charge in [-0.3, -0.25) is 4.79 Å². The van der Waals surface area contributed by atoms with Crippen LogP contribution in [0.4, 0.5) is 11.4 Å². The number of amides is 1. The number of anilines is 2. The van der Waals surface area contributed by atoms with Crippen molar-refractivity contribution in [3.05, 3.63) is 47.5 Å². The first-order chi connectivity index (χ1) is 14.8. The number of oxime groups is 1. The smallest absolute Gasteiger partial charge is 0.235 e. The van der Waals surface area contributed by atoms with Gasteiger partial charge in [0.25, 0.3) is 0 Å². The Labute approximate surface area is 181 Å². The summed E-state index contributed by atoms with van der Waals surface area (Å²) in [4.78, 5) is 13.3. The summed E-state index contributed by atoms with van der Waals surface area (Å²) in [7, 11) is 0. The van der Waals surface area contributed by atoms with Crippen molar-refractivity contribution in [1.82, 2.24) is 0 Å². The zero-order valence-corrected chi connectivity index (χ0v) is 17.9. The van der Waals surface area contributed by atoms with Crippen LogP contribution in [0, 0.1) is 5.41 Å². The van der Waals surface area contributed by atoms with Crippen LogP contribution < -0.4 is 20.1 Å². The van der Waals surface area contributed by atoms with Gasteiger partial charge in [-0.2, -0.15) is 0 Å². The molecule has 0 aromatic heterocycles. The molecule has 5 rings (SSSR count). The third-order valence-corrected chi connectivity index (χ3v) is 6.61. The molecule has 2 aliphatic heterocycles. The highest BCUT2D eigenvalue weighted by atomic mass is 16.7. The Morgan fingerprint density at radius 3 is 2.68 bits per heavy atom. The van der Waals surface area contributed by atoms with Gasteiger partial charge < -0.3 is 25.3 Å². The summed E-state index contributed by atoms with van der Waals surface area (Å²) in [5.74, 6) is 1.31. The fourth-order valence-electron chi connectivity index (χ4n) is 4.69. The SMILES string of the molecule is CC(C)(C)C1Nc2ccc(NC(=O)C3(c4ccc5c(c4)OCO5)CC3)cc2C1/C=N\O. The van der Waals surface area contributed by atoms with E-state index < -0.39 is 5.41 Å². The van der Waals surface area contributed by atoms with E-state index in [4.69, 9.17) is 9.47 Å². The molecule has 0 radical (unpaired) electrons. The molecule has 1 saturated carbocycles. The van der Waals surface area contributed by atoms with Gasteiger partial charge in [-0.1, -0.05) is 26.8 Å². The van der Waals surface area contributed by atoms with Crippen molar-refractivity contribution in [2.45, 2.75) is 51.0 Å². The second kappa shape index (κ2) is 6.90. The molecule has 0 bridgehead atoms. The highest BCUT2D eigenvalue weighted by Crippen LogP contribution is 2.51. The maximum atomic E-state index is 13.3. The summed E-state index contributed by atoms with van der Waals surface area (Å²) in [6.07, 6.45) is 3.17. The lowest BCUT2D eigenvalue weighted by Gasteiger charge is -2.30. The molecule has 162 valence electrons. The van der Waals surface area contributed by atoms with E-state index in [2.05, 4.69) is 36.6 Å². The van der Waals surface area contributed by atoms with E-state index in [1.807, 2.05) is 36.4 Å². The minimum atomic E-state index is -0.530. The zero-order valence-electron chi connectivity index (χ0n) is 17.9. The van der Waals surface area contributed by atoms with Crippen LogP contribution in [0.25, 0.3) is 0 Å². The molecule has 2 heterocycles. The number of benzene rings is 2. The van der Waals surface area contributed by atoms with Crippen molar-refractivity contribution in [2.24, 2.45) is 10.6 Å². The monoisotopic (exact) mass is 421 g/mol. The van der Waals surface area contributed by atoms with Gasteiger partial charge in [0.2, 0.25) is 12.7 Å². The number of nitrogens with zero attached hydrogens (tertiary/aromatic N) is 1. The van der Waals surface area contributed by atoms with E-state index in [1.54, 1.807) is 6.21 Å². The van der Waals surface area contributed by atoms with E-state index in [0.717, 1.165) is 41.1 Å². The minimum Gasteiger partial charge on any atom is -0.454 e. The third kappa shape index (κ3) is 3.28. The average Bonchev–Trinajstić information content (AvgIpc) is 3.27. The molecule has 7 heteroatoms. The molecule has 0 saturated heterocycles. The van der Waals surface area contributed by atoms with Crippen molar-refractivity contribution >= 4 is 23.5 Å². The van der Waals surface area contributed by atoms with Gasteiger partial charge in [0.15, 0.2) is 11.5 Å². The molecule has 2 unspecified atom stereocenters. The van der Waals surface area contributed by atoms with Gasteiger partial charge in [-0.25, -0.2) is 0 Å². The van der Waals surface area contributed by atoms with Crippen LogP contribution in [-0.2, 0) is 10.2 Å². The van der Waals surface area contributed by atoms with Gasteiger partial charge in [0, 0.05) is 23.3 Å². The Morgan fingerprint density at radius 1 is 1.19 bits per heavy atom. The lowest BCUT2D eigenvalue weighted by atomic mass is 9.79. The number of carbonyl (C=O) groups excluding carboxylic acids is 1. The lowest BCUT2D eigenvalue weighted by molar-refractivity contribution is -0.118. The summed E-state index contributed by atoms with van der Waals surface area (Å²) >= 11 is 0. The van der Waals surface area contributed by atoms with Crippen LogP contribution >= 0.6 is 0 Å². The Balaban J connectivity index is 1.39. The molecule has 2 aromatic carbocycles. The Morgan fingerprint density at radius 2 is 1.97 bits per heavy atom. The fraction of sp³-hybridized carbons (Fsp3) is 0.417. The molecule has 0 spiro atoms. The summed E-state index contributed by atoms with van der Waals surface area (Å²) in [6, 6.07) is 11.7. The first kappa shape index (κ1) is 19.7. The number of fused-ring (bicyclic) bond motifs is 2. The van der Waals surface area contributed by atoms with Crippen molar-refractivity contribution < 1.29 is 19.5 Å². The topological polar surface area (TPSA) is 92.2 Å². The Hall–Kier alpha value is -3.22. The normalized spacial score (nSPS) is 22.8. The van der Waals surface area contributed by atoms with E-state index in [1.165, 1.54) is 0 Å². The Bertz CT molecular complexity index is 1070. The predicted octanol–water partition coefficient (Wildman–Crippen LogP) is 4.47. The highest BCUT2D eigenvalue weighted by molar-refractivity contribution is 6.02. The van der Waals surface area contributed by atoms with Gasteiger partial charge in [0.1, 0.15) is 0 Å². The maximum absolute atomic E-state index is 13.3. The number of hydrogen-bond donors (Lipinski definition) is 3. The van der Waals surface area contributed by atoms with E-state index in [-0.39, 0.29) is 30.1 Å². The third-order valence-electron chi connectivity index (χ3n) is 6.61. The molecule has 1 fully saturated rings. The summed E-state index contributed by atoms with van der Waals surface area (Å²) in [6.45, 7) is 6.67. The van der Waals surface area contributed by atoms with Gasteiger partial charge >= 0.3 is 0 Å². The van der Waals surface area contributed by atoms with Gasteiger partial charge in [-0.15, -0.1) is 5.16 Å². The second-order valence-corrected chi connectivity index (χ2v) is 9.68. The molecule has 3 aliphatic rings. The average molecular weight is 421 g/mol. The molecule has 2 atom stereocenters. The van der Waals surface area contributed by atoms with Crippen molar-refractivity contribution in [2.75, 3.05) is 17.4 Å². The van der Waals surface area contributed by atoms with Crippen LogP contribution in [0.3, 0.4) is 0 Å². The van der Waals surface area contributed by atoms with Gasteiger partial charge in [0.05, 0.1) is 11.6 Å².